The van der Waals surface area contributed by atoms with Crippen LogP contribution in [0.4, 0.5) is 0 Å². The van der Waals surface area contributed by atoms with Crippen molar-refractivity contribution in [1.29, 1.82) is 0 Å². The first-order valence-electron chi connectivity index (χ1n) is 4.98. The summed E-state index contributed by atoms with van der Waals surface area (Å²) in [6.07, 6.45) is 8.66. The first-order valence-corrected chi connectivity index (χ1v) is 4.98. The van der Waals surface area contributed by atoms with Crippen LogP contribution in [0.3, 0.4) is 0 Å². The van der Waals surface area contributed by atoms with Crippen molar-refractivity contribution in [3.63, 3.8) is 0 Å². The number of nitrogens with one attached hydrogen (secondary N) is 1. The minimum atomic E-state index is -0.0744. The normalized spacial score (nSPS) is 10.1. The molecule has 0 aliphatic rings. The molecular weight excluding hydrogens is 204 g/mol. The summed E-state index contributed by atoms with van der Waals surface area (Å²) < 4.78 is 1.93. The van der Waals surface area contributed by atoms with Crippen molar-refractivity contribution in [2.45, 2.75) is 6.54 Å². The number of hydrogen-bond acceptors (Lipinski definition) is 3. The minimum Gasteiger partial charge on any atom is -0.344 e. The molecule has 0 radical (unpaired) electrons. The third-order valence-electron chi connectivity index (χ3n) is 2.13. The Morgan fingerprint density at radius 1 is 1.75 bits per heavy atom. The second-order valence-electron chi connectivity index (χ2n) is 3.61. The van der Waals surface area contributed by atoms with Crippen molar-refractivity contribution in [2.75, 3.05) is 20.1 Å². The Morgan fingerprint density at radius 3 is 3.06 bits per heavy atom. The van der Waals surface area contributed by atoms with E-state index in [1.54, 1.807) is 6.20 Å². The van der Waals surface area contributed by atoms with Gasteiger partial charge in [0.2, 0.25) is 5.91 Å². The highest BCUT2D eigenvalue weighted by Gasteiger charge is 2.08. The molecule has 16 heavy (non-hydrogen) atoms. The van der Waals surface area contributed by atoms with E-state index in [4.69, 9.17) is 6.42 Å². The van der Waals surface area contributed by atoms with Crippen molar-refractivity contribution in [1.82, 2.24) is 19.8 Å². The van der Waals surface area contributed by atoms with Crippen LogP contribution in [0.25, 0.3) is 0 Å². The molecule has 0 spiro atoms. The fourth-order valence-corrected chi connectivity index (χ4v) is 1.30. The summed E-state index contributed by atoms with van der Waals surface area (Å²) in [6.45, 7) is 1.22. The van der Waals surface area contributed by atoms with Gasteiger partial charge in [0.05, 0.1) is 19.6 Å². The number of amides is 1. The average molecular weight is 220 g/mol. The molecule has 5 nitrogen and oxygen atoms in total. The van der Waals surface area contributed by atoms with E-state index in [2.05, 4.69) is 16.2 Å². The number of hydrogen-bond donors (Lipinski definition) is 1. The Labute approximate surface area is 95.5 Å². The molecular formula is C11H16N4O. The average Bonchev–Trinajstić information content (AvgIpc) is 2.61. The van der Waals surface area contributed by atoms with Crippen molar-refractivity contribution < 1.29 is 4.79 Å². The summed E-state index contributed by atoms with van der Waals surface area (Å²) in [5.41, 5.74) is 0. The number of terminal acetylenes is 1. The molecule has 5 heteroatoms. The topological polar surface area (TPSA) is 50.2 Å². The van der Waals surface area contributed by atoms with Crippen LogP contribution in [0.2, 0.25) is 0 Å². The largest absolute Gasteiger partial charge is 0.344 e. The van der Waals surface area contributed by atoms with Crippen LogP contribution in [0.1, 0.15) is 5.82 Å². The second kappa shape index (κ2) is 5.93. The van der Waals surface area contributed by atoms with Gasteiger partial charge in [-0.2, -0.15) is 0 Å². The van der Waals surface area contributed by atoms with E-state index < -0.39 is 0 Å². The SMILES string of the molecule is C#CCNC(=O)CN(C)Cc1nccn1C. The molecule has 0 unspecified atom stereocenters. The summed E-state index contributed by atoms with van der Waals surface area (Å²) in [4.78, 5) is 17.4. The Bertz CT molecular complexity index is 391. The molecule has 0 saturated carbocycles. The van der Waals surface area contributed by atoms with Crippen LogP contribution >= 0.6 is 0 Å². The highest BCUT2D eigenvalue weighted by atomic mass is 16.2. The molecule has 0 aliphatic heterocycles. The smallest absolute Gasteiger partial charge is 0.234 e. The molecule has 1 heterocycles. The van der Waals surface area contributed by atoms with Crippen LogP contribution in [0.15, 0.2) is 12.4 Å². The zero-order valence-corrected chi connectivity index (χ0v) is 9.60. The first kappa shape index (κ1) is 12.3. The summed E-state index contributed by atoms with van der Waals surface area (Å²) >= 11 is 0. The van der Waals surface area contributed by atoms with Crippen molar-refractivity contribution >= 4 is 5.91 Å². The van der Waals surface area contributed by atoms with Gasteiger partial charge in [-0.25, -0.2) is 4.98 Å². The van der Waals surface area contributed by atoms with Crippen LogP contribution in [-0.2, 0) is 18.4 Å². The zero-order valence-electron chi connectivity index (χ0n) is 9.60. The van der Waals surface area contributed by atoms with Crippen LogP contribution in [0.5, 0.6) is 0 Å². The molecule has 1 N–H and O–H groups in total. The fraction of sp³-hybridized carbons (Fsp3) is 0.455. The molecule has 1 aromatic heterocycles. The van der Waals surface area contributed by atoms with Gasteiger partial charge in [-0.05, 0) is 7.05 Å². The maximum Gasteiger partial charge on any atom is 0.234 e. The summed E-state index contributed by atoms with van der Waals surface area (Å²) in [6, 6.07) is 0. The fourth-order valence-electron chi connectivity index (χ4n) is 1.30. The predicted octanol–water partition coefficient (Wildman–Crippen LogP) is -0.399. The van der Waals surface area contributed by atoms with Crippen LogP contribution in [-0.4, -0.2) is 40.5 Å². The number of imidazole rings is 1. The molecule has 0 aliphatic carbocycles. The number of aromatic nitrogens is 2. The zero-order chi connectivity index (χ0) is 12.0. The van der Waals surface area contributed by atoms with Crippen molar-refractivity contribution in [3.8, 4) is 12.3 Å². The van der Waals surface area contributed by atoms with Crippen molar-refractivity contribution in [3.05, 3.63) is 18.2 Å². The number of likely N-dealkylation sites (N-methyl/N-ethyl adjacent to an activating group) is 1. The van der Waals surface area contributed by atoms with E-state index in [9.17, 15) is 4.79 Å². The van der Waals surface area contributed by atoms with E-state index in [0.29, 0.717) is 13.1 Å². The van der Waals surface area contributed by atoms with Crippen LogP contribution < -0.4 is 5.32 Å². The van der Waals surface area contributed by atoms with Gasteiger partial charge in [0.15, 0.2) is 0 Å². The van der Waals surface area contributed by atoms with Gasteiger partial charge in [-0.1, -0.05) is 5.92 Å². The van der Waals surface area contributed by atoms with Gasteiger partial charge in [0.1, 0.15) is 5.82 Å². The maximum atomic E-state index is 11.4. The van der Waals surface area contributed by atoms with Gasteiger partial charge in [0.25, 0.3) is 0 Å². The lowest BCUT2D eigenvalue weighted by Crippen LogP contribution is -2.35. The third kappa shape index (κ3) is 3.75. The lowest BCUT2D eigenvalue weighted by molar-refractivity contribution is -0.121. The minimum absolute atomic E-state index is 0.0744. The highest BCUT2D eigenvalue weighted by Crippen LogP contribution is 1.98. The standard InChI is InChI=1S/C11H16N4O/c1-4-5-13-11(16)9-14(2)8-10-12-6-7-15(10)3/h1,6-7H,5,8-9H2,2-3H3,(H,13,16). The Kier molecular flexibility index (Phi) is 4.55. The quantitative estimate of drug-likeness (QED) is 0.687. The number of nitrogens with zero attached hydrogens (tertiary/aromatic N) is 3. The molecule has 86 valence electrons. The van der Waals surface area contributed by atoms with Crippen LogP contribution in [0, 0.1) is 12.3 Å². The molecule has 1 aromatic rings. The van der Waals surface area contributed by atoms with Gasteiger partial charge in [-0.15, -0.1) is 6.42 Å². The first-order chi connectivity index (χ1) is 7.63. The van der Waals surface area contributed by atoms with Gasteiger partial charge < -0.3 is 9.88 Å². The Hall–Kier alpha value is -1.80. The molecule has 0 aromatic carbocycles. The predicted molar refractivity (Wildman–Crippen MR) is 61.4 cm³/mol. The molecule has 1 amide bonds. The summed E-state index contributed by atoms with van der Waals surface area (Å²) in [7, 11) is 3.79. The number of carbonyl (C=O) groups is 1. The summed E-state index contributed by atoms with van der Waals surface area (Å²) in [5, 5.41) is 2.61. The monoisotopic (exact) mass is 220 g/mol. The number of rotatable bonds is 5. The van der Waals surface area contributed by atoms with E-state index in [1.807, 2.05) is 29.8 Å². The third-order valence-corrected chi connectivity index (χ3v) is 2.13. The Morgan fingerprint density at radius 2 is 2.50 bits per heavy atom. The van der Waals surface area contributed by atoms with Gasteiger partial charge in [-0.3, -0.25) is 9.69 Å². The lowest BCUT2D eigenvalue weighted by Gasteiger charge is -2.15. The molecule has 0 fully saturated rings. The Balaban J connectivity index is 2.37. The van der Waals surface area contributed by atoms with Crippen molar-refractivity contribution in [2.24, 2.45) is 7.05 Å². The maximum absolute atomic E-state index is 11.4. The van der Waals surface area contributed by atoms with Gasteiger partial charge >= 0.3 is 0 Å². The number of aryl methyl sites for hydroxylation is 1. The molecule has 0 bridgehead atoms. The van der Waals surface area contributed by atoms with E-state index >= 15 is 0 Å². The lowest BCUT2D eigenvalue weighted by atomic mass is 10.4. The molecule has 1 rings (SSSR count). The van der Waals surface area contributed by atoms with E-state index in [0.717, 1.165) is 5.82 Å². The van der Waals surface area contributed by atoms with E-state index in [1.165, 1.54) is 0 Å². The second-order valence-corrected chi connectivity index (χ2v) is 3.61. The van der Waals surface area contributed by atoms with Gasteiger partial charge in [0, 0.05) is 19.4 Å². The molecule has 0 atom stereocenters. The highest BCUT2D eigenvalue weighted by molar-refractivity contribution is 5.78. The van der Waals surface area contributed by atoms with E-state index in [-0.39, 0.29) is 12.5 Å². The molecule has 0 saturated heterocycles. The summed E-state index contributed by atoms with van der Waals surface area (Å²) in [5.74, 6) is 3.21. The number of carbonyl (C=O) groups excluding carboxylic acids is 1.